The Morgan fingerprint density at radius 1 is 1.53 bits per heavy atom. The van der Waals surface area contributed by atoms with Crippen molar-refractivity contribution >= 4 is 11.9 Å². The molecule has 17 heavy (non-hydrogen) atoms. The Hall–Kier alpha value is -1.85. The highest BCUT2D eigenvalue weighted by molar-refractivity contribution is 5.65. The summed E-state index contributed by atoms with van der Waals surface area (Å²) in [6.07, 6.45) is -0.0432. The first kappa shape index (κ1) is 11.6. The van der Waals surface area contributed by atoms with Crippen molar-refractivity contribution in [3.8, 4) is 0 Å². The van der Waals surface area contributed by atoms with Gasteiger partial charge in [0.15, 0.2) is 0 Å². The molecule has 0 radical (unpaired) electrons. The summed E-state index contributed by atoms with van der Waals surface area (Å²) in [6.45, 7) is 4.85. The summed E-state index contributed by atoms with van der Waals surface area (Å²) in [4.78, 5) is 20.7. The number of carbonyl (C=O) groups is 1. The van der Waals surface area contributed by atoms with Crippen molar-refractivity contribution in [1.29, 1.82) is 0 Å². The third-order valence-electron chi connectivity index (χ3n) is 2.78. The molecule has 1 saturated heterocycles. The van der Waals surface area contributed by atoms with Crippen molar-refractivity contribution < 1.29 is 9.90 Å². The molecule has 6 heteroatoms. The van der Waals surface area contributed by atoms with Crippen LogP contribution < -0.4 is 5.32 Å². The molecule has 2 rings (SSSR count). The predicted octanol–water partition coefficient (Wildman–Crippen LogP) is 1.26. The van der Waals surface area contributed by atoms with E-state index in [1.54, 1.807) is 0 Å². The second kappa shape index (κ2) is 4.57. The molecule has 1 aromatic rings. The van der Waals surface area contributed by atoms with Gasteiger partial charge in [0.05, 0.1) is 0 Å². The minimum Gasteiger partial charge on any atom is -0.465 e. The van der Waals surface area contributed by atoms with Gasteiger partial charge in [0.1, 0.15) is 11.6 Å². The maximum Gasteiger partial charge on any atom is 0.407 e. The van der Waals surface area contributed by atoms with Crippen LogP contribution in [0.4, 0.5) is 10.6 Å². The van der Waals surface area contributed by atoms with Crippen LogP contribution in [-0.4, -0.2) is 45.2 Å². The third kappa shape index (κ3) is 2.83. The largest absolute Gasteiger partial charge is 0.465 e. The lowest BCUT2D eigenvalue weighted by atomic mass is 10.2. The van der Waals surface area contributed by atoms with Crippen LogP contribution in [0.25, 0.3) is 0 Å². The number of hydrogen-bond donors (Lipinski definition) is 2. The molecular formula is C11H16N4O2. The Morgan fingerprint density at radius 3 is 2.88 bits per heavy atom. The molecule has 92 valence electrons. The van der Waals surface area contributed by atoms with Crippen LogP contribution in [-0.2, 0) is 0 Å². The zero-order valence-corrected chi connectivity index (χ0v) is 9.97. The third-order valence-corrected chi connectivity index (χ3v) is 2.78. The normalized spacial score (nSPS) is 19.4. The van der Waals surface area contributed by atoms with Gasteiger partial charge in [-0.25, -0.2) is 14.8 Å². The average molecular weight is 236 g/mol. The number of rotatable bonds is 2. The maximum atomic E-state index is 10.8. The van der Waals surface area contributed by atoms with E-state index in [0.717, 1.165) is 23.8 Å². The van der Waals surface area contributed by atoms with E-state index in [1.165, 1.54) is 4.90 Å². The molecule has 0 aromatic carbocycles. The lowest BCUT2D eigenvalue weighted by molar-refractivity contribution is 0.155. The first-order valence-electron chi connectivity index (χ1n) is 5.61. The molecular weight excluding hydrogens is 220 g/mol. The van der Waals surface area contributed by atoms with Gasteiger partial charge in [-0.15, -0.1) is 0 Å². The molecule has 1 amide bonds. The number of aromatic nitrogens is 2. The van der Waals surface area contributed by atoms with Crippen LogP contribution in [0.3, 0.4) is 0 Å². The van der Waals surface area contributed by atoms with Gasteiger partial charge in [-0.3, -0.25) is 0 Å². The molecule has 0 aliphatic carbocycles. The average Bonchev–Trinajstić information content (AvgIpc) is 2.64. The number of hydrogen-bond acceptors (Lipinski definition) is 4. The van der Waals surface area contributed by atoms with E-state index in [1.807, 2.05) is 19.9 Å². The fourth-order valence-electron chi connectivity index (χ4n) is 2.05. The molecule has 1 aromatic heterocycles. The highest BCUT2D eigenvalue weighted by Gasteiger charge is 2.25. The molecule has 2 heterocycles. The minimum atomic E-state index is -0.857. The van der Waals surface area contributed by atoms with Gasteiger partial charge in [0.25, 0.3) is 0 Å². The molecule has 1 fully saturated rings. The van der Waals surface area contributed by atoms with E-state index in [0.29, 0.717) is 13.1 Å². The van der Waals surface area contributed by atoms with Crippen molar-refractivity contribution in [3.63, 3.8) is 0 Å². The van der Waals surface area contributed by atoms with E-state index in [-0.39, 0.29) is 6.04 Å². The number of anilines is 1. The van der Waals surface area contributed by atoms with Crippen LogP contribution in [0.5, 0.6) is 0 Å². The zero-order chi connectivity index (χ0) is 12.4. The lowest BCUT2D eigenvalue weighted by Crippen LogP contribution is -2.30. The number of aryl methyl sites for hydroxylation is 2. The van der Waals surface area contributed by atoms with Crippen molar-refractivity contribution in [1.82, 2.24) is 14.9 Å². The van der Waals surface area contributed by atoms with Gasteiger partial charge < -0.3 is 15.3 Å². The van der Waals surface area contributed by atoms with Crippen LogP contribution in [0, 0.1) is 13.8 Å². The van der Waals surface area contributed by atoms with Gasteiger partial charge in [0.2, 0.25) is 0 Å². The minimum absolute atomic E-state index is 0.139. The first-order chi connectivity index (χ1) is 8.04. The summed E-state index contributed by atoms with van der Waals surface area (Å²) in [5.74, 6) is 1.49. The number of amides is 1. The standard InChI is InChI=1S/C11H16N4O2/c1-7-5-10(13-8(2)12-7)14-9-3-4-15(6-9)11(16)17/h5,9H,3-4,6H2,1-2H3,(H,16,17)(H,12,13,14). The molecule has 0 saturated carbocycles. The van der Waals surface area contributed by atoms with E-state index in [4.69, 9.17) is 5.11 Å². The molecule has 1 unspecified atom stereocenters. The van der Waals surface area contributed by atoms with Gasteiger partial charge in [0, 0.05) is 30.9 Å². The highest BCUT2D eigenvalue weighted by Crippen LogP contribution is 2.15. The molecule has 0 bridgehead atoms. The van der Waals surface area contributed by atoms with E-state index in [2.05, 4.69) is 15.3 Å². The monoisotopic (exact) mass is 236 g/mol. The van der Waals surface area contributed by atoms with Crippen molar-refractivity contribution in [3.05, 3.63) is 17.6 Å². The van der Waals surface area contributed by atoms with Gasteiger partial charge in [-0.05, 0) is 20.3 Å². The number of nitrogens with one attached hydrogen (secondary N) is 1. The first-order valence-corrected chi connectivity index (χ1v) is 5.61. The fraction of sp³-hybridized carbons (Fsp3) is 0.545. The number of carboxylic acid groups (broad SMARTS) is 1. The van der Waals surface area contributed by atoms with Crippen LogP contribution in [0.1, 0.15) is 17.9 Å². The predicted molar refractivity (Wildman–Crippen MR) is 63.1 cm³/mol. The number of likely N-dealkylation sites (tertiary alicyclic amines) is 1. The van der Waals surface area contributed by atoms with E-state index >= 15 is 0 Å². The second-order valence-corrected chi connectivity index (χ2v) is 4.30. The summed E-state index contributed by atoms with van der Waals surface area (Å²) >= 11 is 0. The molecule has 1 atom stereocenters. The maximum absolute atomic E-state index is 10.8. The Kier molecular flexibility index (Phi) is 3.12. The van der Waals surface area contributed by atoms with E-state index < -0.39 is 6.09 Å². The Bertz CT molecular complexity index is 415. The summed E-state index contributed by atoms with van der Waals surface area (Å²) in [5.41, 5.74) is 0.910. The lowest BCUT2D eigenvalue weighted by Gasteiger charge is -2.14. The number of nitrogens with zero attached hydrogens (tertiary/aromatic N) is 3. The molecule has 1 aliphatic heterocycles. The smallest absolute Gasteiger partial charge is 0.407 e. The van der Waals surface area contributed by atoms with Gasteiger partial charge in [-0.2, -0.15) is 0 Å². The molecule has 6 nitrogen and oxygen atoms in total. The van der Waals surface area contributed by atoms with Crippen molar-refractivity contribution in [2.75, 3.05) is 18.4 Å². The fourth-order valence-corrected chi connectivity index (χ4v) is 2.05. The van der Waals surface area contributed by atoms with Gasteiger partial charge in [-0.1, -0.05) is 0 Å². The summed E-state index contributed by atoms with van der Waals surface area (Å²) < 4.78 is 0. The molecule has 1 aliphatic rings. The Labute approximate surface area is 99.7 Å². The zero-order valence-electron chi connectivity index (χ0n) is 9.97. The Balaban J connectivity index is 2.00. The van der Waals surface area contributed by atoms with Crippen LogP contribution in [0.2, 0.25) is 0 Å². The highest BCUT2D eigenvalue weighted by atomic mass is 16.4. The van der Waals surface area contributed by atoms with Crippen molar-refractivity contribution in [2.45, 2.75) is 26.3 Å². The second-order valence-electron chi connectivity index (χ2n) is 4.30. The van der Waals surface area contributed by atoms with E-state index in [9.17, 15) is 4.79 Å². The quantitative estimate of drug-likeness (QED) is 0.808. The topological polar surface area (TPSA) is 78.4 Å². The van der Waals surface area contributed by atoms with Crippen LogP contribution in [0.15, 0.2) is 6.07 Å². The molecule has 2 N–H and O–H groups in total. The Morgan fingerprint density at radius 2 is 2.29 bits per heavy atom. The summed E-state index contributed by atoms with van der Waals surface area (Å²) in [5, 5.41) is 12.1. The van der Waals surface area contributed by atoms with Gasteiger partial charge >= 0.3 is 6.09 Å². The summed E-state index contributed by atoms with van der Waals surface area (Å²) in [7, 11) is 0. The van der Waals surface area contributed by atoms with Crippen molar-refractivity contribution in [2.24, 2.45) is 0 Å². The molecule has 0 spiro atoms. The van der Waals surface area contributed by atoms with Crippen LogP contribution >= 0.6 is 0 Å². The SMILES string of the molecule is Cc1cc(NC2CCN(C(=O)O)C2)nc(C)n1. The summed E-state index contributed by atoms with van der Waals surface area (Å²) in [6, 6.07) is 2.01.